The maximum atomic E-state index is 12.8. The summed E-state index contributed by atoms with van der Waals surface area (Å²) < 4.78 is 43.4. The fraction of sp³-hybridized carbons (Fsp3) is 0.462. The van der Waals surface area contributed by atoms with Crippen molar-refractivity contribution in [2.75, 3.05) is 25.6 Å². The second kappa shape index (κ2) is 7.51. The van der Waals surface area contributed by atoms with E-state index in [0.29, 0.717) is 6.61 Å². The number of ether oxygens (including phenoxy) is 1. The number of carbonyl (C=O) groups excluding carboxylic acids is 1. The average Bonchev–Trinajstić information content (AvgIpc) is 2.36. The molecule has 8 heteroatoms. The first-order valence-corrected chi connectivity index (χ1v) is 6.50. The number of hydrogen-bond donors (Lipinski definition) is 2. The van der Waals surface area contributed by atoms with Crippen LogP contribution in [0.4, 0.5) is 18.9 Å². The second-order valence-electron chi connectivity index (χ2n) is 4.47. The Morgan fingerprint density at radius 3 is 2.67 bits per heavy atom. The highest BCUT2D eigenvalue weighted by atomic mass is 35.5. The summed E-state index contributed by atoms with van der Waals surface area (Å²) in [4.78, 5) is 11.6. The monoisotopic (exact) mass is 324 g/mol. The summed E-state index contributed by atoms with van der Waals surface area (Å²) in [5.74, 6) is -0.428. The number of alkyl halides is 3. The van der Waals surface area contributed by atoms with Gasteiger partial charge in [0.25, 0.3) is 0 Å². The zero-order valence-corrected chi connectivity index (χ0v) is 12.3. The molecule has 0 saturated carbocycles. The van der Waals surface area contributed by atoms with Crippen LogP contribution in [-0.2, 0) is 15.7 Å². The summed E-state index contributed by atoms with van der Waals surface area (Å²) in [6.07, 6.45) is -4.55. The summed E-state index contributed by atoms with van der Waals surface area (Å²) in [6.45, 7) is 1.77. The van der Waals surface area contributed by atoms with Gasteiger partial charge < -0.3 is 15.4 Å². The summed E-state index contributed by atoms with van der Waals surface area (Å²) in [5, 5.41) is 5.03. The fourth-order valence-corrected chi connectivity index (χ4v) is 1.87. The zero-order chi connectivity index (χ0) is 16.0. The van der Waals surface area contributed by atoms with Crippen LogP contribution in [0.25, 0.3) is 0 Å². The van der Waals surface area contributed by atoms with Crippen LogP contribution in [0.2, 0.25) is 5.02 Å². The van der Waals surface area contributed by atoms with Gasteiger partial charge in [0.15, 0.2) is 0 Å². The van der Waals surface area contributed by atoms with Crippen LogP contribution in [0.1, 0.15) is 12.5 Å². The molecule has 0 aromatic heterocycles. The predicted octanol–water partition coefficient (Wildman–Crippen LogP) is 2.92. The minimum Gasteiger partial charge on any atom is -0.383 e. The van der Waals surface area contributed by atoms with E-state index in [1.54, 1.807) is 6.92 Å². The summed E-state index contributed by atoms with van der Waals surface area (Å²) >= 11 is 5.57. The second-order valence-corrected chi connectivity index (χ2v) is 4.90. The third-order valence-electron chi connectivity index (χ3n) is 2.55. The van der Waals surface area contributed by atoms with Crippen molar-refractivity contribution in [3.05, 3.63) is 28.8 Å². The van der Waals surface area contributed by atoms with Crippen LogP contribution in [0.3, 0.4) is 0 Å². The normalized spacial score (nSPS) is 12.9. The fourth-order valence-electron chi connectivity index (χ4n) is 1.70. The number of halogens is 4. The van der Waals surface area contributed by atoms with Crippen LogP contribution in [0.15, 0.2) is 18.2 Å². The Bertz CT molecular complexity index is 495. The van der Waals surface area contributed by atoms with Crippen LogP contribution in [0, 0.1) is 0 Å². The molecule has 0 radical (unpaired) electrons. The van der Waals surface area contributed by atoms with Gasteiger partial charge in [-0.2, -0.15) is 13.2 Å². The predicted molar refractivity (Wildman–Crippen MR) is 74.4 cm³/mol. The zero-order valence-electron chi connectivity index (χ0n) is 11.6. The first kappa shape index (κ1) is 17.6. The van der Waals surface area contributed by atoms with Gasteiger partial charge in [-0.25, -0.2) is 0 Å². The average molecular weight is 325 g/mol. The highest BCUT2D eigenvalue weighted by molar-refractivity contribution is 6.30. The first-order valence-electron chi connectivity index (χ1n) is 6.13. The number of anilines is 1. The van der Waals surface area contributed by atoms with Gasteiger partial charge in [-0.3, -0.25) is 4.79 Å². The molecule has 1 rings (SSSR count). The molecule has 0 aliphatic carbocycles. The largest absolute Gasteiger partial charge is 0.418 e. The summed E-state index contributed by atoms with van der Waals surface area (Å²) in [6, 6.07) is 3.10. The van der Waals surface area contributed by atoms with E-state index in [9.17, 15) is 18.0 Å². The smallest absolute Gasteiger partial charge is 0.383 e. The van der Waals surface area contributed by atoms with Crippen LogP contribution in [-0.4, -0.2) is 32.2 Å². The molecule has 0 fully saturated rings. The Kier molecular flexibility index (Phi) is 6.29. The van der Waals surface area contributed by atoms with Gasteiger partial charge in [-0.15, -0.1) is 0 Å². The van der Waals surface area contributed by atoms with Crippen LogP contribution in [0.5, 0.6) is 0 Å². The van der Waals surface area contributed by atoms with Gasteiger partial charge in [-0.05, 0) is 25.1 Å². The molecule has 1 atom stereocenters. The molecule has 0 spiro atoms. The van der Waals surface area contributed by atoms with Crippen molar-refractivity contribution in [2.45, 2.75) is 19.1 Å². The van der Waals surface area contributed by atoms with E-state index < -0.39 is 17.6 Å². The SMILES string of the molecule is COCC(C)NC(=O)CNc1ccc(Cl)cc1C(F)(F)F. The molecule has 2 N–H and O–H groups in total. The number of nitrogens with one attached hydrogen (secondary N) is 2. The van der Waals surface area contributed by atoms with Gasteiger partial charge in [0.2, 0.25) is 5.91 Å². The Morgan fingerprint density at radius 2 is 2.10 bits per heavy atom. The van der Waals surface area contributed by atoms with Crippen molar-refractivity contribution in [1.82, 2.24) is 5.32 Å². The Morgan fingerprint density at radius 1 is 1.43 bits per heavy atom. The van der Waals surface area contributed by atoms with Crippen molar-refractivity contribution >= 4 is 23.2 Å². The number of amides is 1. The van der Waals surface area contributed by atoms with Gasteiger partial charge in [0.05, 0.1) is 18.7 Å². The maximum Gasteiger partial charge on any atom is 0.418 e. The third-order valence-corrected chi connectivity index (χ3v) is 2.79. The molecule has 21 heavy (non-hydrogen) atoms. The van der Waals surface area contributed by atoms with Crippen molar-refractivity contribution in [1.29, 1.82) is 0 Å². The van der Waals surface area contributed by atoms with E-state index in [2.05, 4.69) is 10.6 Å². The summed E-state index contributed by atoms with van der Waals surface area (Å²) in [5.41, 5.74) is -1.10. The van der Waals surface area contributed by atoms with Gasteiger partial charge in [-0.1, -0.05) is 11.6 Å². The summed E-state index contributed by atoms with van der Waals surface area (Å²) in [7, 11) is 1.49. The van der Waals surface area contributed by atoms with E-state index in [0.717, 1.165) is 6.07 Å². The van der Waals surface area contributed by atoms with E-state index >= 15 is 0 Å². The van der Waals surface area contributed by atoms with Gasteiger partial charge >= 0.3 is 6.18 Å². The maximum absolute atomic E-state index is 12.8. The van der Waals surface area contributed by atoms with E-state index in [1.807, 2.05) is 0 Å². The molecule has 1 aromatic rings. The quantitative estimate of drug-likeness (QED) is 0.846. The lowest BCUT2D eigenvalue weighted by Gasteiger charge is -2.16. The minimum atomic E-state index is -4.55. The van der Waals surface area contributed by atoms with E-state index in [4.69, 9.17) is 16.3 Å². The first-order chi connectivity index (χ1) is 9.74. The lowest BCUT2D eigenvalue weighted by molar-refractivity contribution is -0.137. The molecule has 0 bridgehead atoms. The van der Waals surface area contributed by atoms with Crippen molar-refractivity contribution < 1.29 is 22.7 Å². The minimum absolute atomic E-state index is 0.0222. The third kappa shape index (κ3) is 5.81. The lowest BCUT2D eigenvalue weighted by atomic mass is 10.1. The Balaban J connectivity index is 2.69. The molecule has 0 aliphatic rings. The molecule has 0 heterocycles. The molecular weight excluding hydrogens is 309 g/mol. The van der Waals surface area contributed by atoms with E-state index in [1.165, 1.54) is 19.2 Å². The Labute approximate surface area is 125 Å². The van der Waals surface area contributed by atoms with Crippen molar-refractivity contribution in [2.24, 2.45) is 0 Å². The molecule has 1 amide bonds. The van der Waals surface area contributed by atoms with E-state index in [-0.39, 0.29) is 23.3 Å². The molecule has 1 unspecified atom stereocenters. The number of benzene rings is 1. The van der Waals surface area contributed by atoms with Crippen LogP contribution < -0.4 is 10.6 Å². The molecule has 0 aliphatic heterocycles. The topological polar surface area (TPSA) is 50.4 Å². The van der Waals surface area contributed by atoms with Gasteiger partial charge in [0.1, 0.15) is 0 Å². The molecule has 4 nitrogen and oxygen atoms in total. The highest BCUT2D eigenvalue weighted by Gasteiger charge is 2.33. The number of methoxy groups -OCH3 is 1. The standard InChI is InChI=1S/C13H16ClF3N2O2/c1-8(7-21-2)19-12(20)6-18-11-4-3-9(14)5-10(11)13(15,16)17/h3-5,8,18H,6-7H2,1-2H3,(H,19,20). The molecular formula is C13H16ClF3N2O2. The van der Waals surface area contributed by atoms with Crippen molar-refractivity contribution in [3.63, 3.8) is 0 Å². The van der Waals surface area contributed by atoms with Gasteiger partial charge in [0, 0.05) is 23.9 Å². The molecule has 118 valence electrons. The number of hydrogen-bond acceptors (Lipinski definition) is 3. The lowest BCUT2D eigenvalue weighted by Crippen LogP contribution is -2.39. The van der Waals surface area contributed by atoms with Crippen LogP contribution >= 0.6 is 11.6 Å². The highest BCUT2D eigenvalue weighted by Crippen LogP contribution is 2.36. The molecule has 1 aromatic carbocycles. The number of carbonyl (C=O) groups is 1. The Hall–Kier alpha value is -1.47. The molecule has 0 saturated heterocycles. The number of rotatable bonds is 6. The van der Waals surface area contributed by atoms with Crippen molar-refractivity contribution in [3.8, 4) is 0 Å².